The lowest BCUT2D eigenvalue weighted by atomic mass is 10.1. The molecule has 20 heavy (non-hydrogen) atoms. The summed E-state index contributed by atoms with van der Waals surface area (Å²) in [6.45, 7) is 4.26. The van der Waals surface area contributed by atoms with Gasteiger partial charge in [0.2, 0.25) is 5.91 Å². The lowest BCUT2D eigenvalue weighted by molar-refractivity contribution is -0.122. The summed E-state index contributed by atoms with van der Waals surface area (Å²) in [4.78, 5) is 11.8. The standard InChI is InChI=1S/C15H20N4O/c1-3-11(2)18-15(20)10-19-9-13(8-17-19)12-4-6-14(16)7-5-12/h4-9,11H,3,10,16H2,1-2H3,(H,18,20). The van der Waals surface area contributed by atoms with E-state index < -0.39 is 0 Å². The predicted octanol–water partition coefficient (Wildman–Crippen LogP) is 2.05. The molecule has 3 N–H and O–H groups in total. The summed E-state index contributed by atoms with van der Waals surface area (Å²) in [7, 11) is 0. The van der Waals surface area contributed by atoms with Crippen LogP contribution in [-0.2, 0) is 11.3 Å². The number of amides is 1. The number of nitrogens with zero attached hydrogens (tertiary/aromatic N) is 2. The van der Waals surface area contributed by atoms with Gasteiger partial charge in [-0.2, -0.15) is 5.10 Å². The number of aromatic nitrogens is 2. The van der Waals surface area contributed by atoms with E-state index in [1.807, 2.05) is 44.3 Å². The number of hydrogen-bond donors (Lipinski definition) is 2. The minimum atomic E-state index is -0.0219. The smallest absolute Gasteiger partial charge is 0.241 e. The summed E-state index contributed by atoms with van der Waals surface area (Å²) in [5, 5.41) is 7.13. The van der Waals surface area contributed by atoms with E-state index in [-0.39, 0.29) is 18.5 Å². The van der Waals surface area contributed by atoms with Crippen molar-refractivity contribution in [1.29, 1.82) is 0 Å². The summed E-state index contributed by atoms with van der Waals surface area (Å²) < 4.78 is 1.64. The lowest BCUT2D eigenvalue weighted by Gasteiger charge is -2.10. The number of carbonyl (C=O) groups excluding carboxylic acids is 1. The van der Waals surface area contributed by atoms with Crippen LogP contribution in [0.25, 0.3) is 11.1 Å². The van der Waals surface area contributed by atoms with Crippen molar-refractivity contribution < 1.29 is 4.79 Å². The SMILES string of the molecule is CCC(C)NC(=O)Cn1cc(-c2ccc(N)cc2)cn1. The molecule has 0 saturated carbocycles. The third kappa shape index (κ3) is 3.60. The van der Waals surface area contributed by atoms with Gasteiger partial charge in [-0.25, -0.2) is 0 Å². The number of carbonyl (C=O) groups is 1. The van der Waals surface area contributed by atoms with Crippen LogP contribution in [0.5, 0.6) is 0 Å². The number of nitrogens with two attached hydrogens (primary N) is 1. The molecule has 1 amide bonds. The predicted molar refractivity (Wildman–Crippen MR) is 80.0 cm³/mol. The zero-order valence-electron chi connectivity index (χ0n) is 11.8. The first kappa shape index (κ1) is 14.1. The van der Waals surface area contributed by atoms with E-state index in [0.717, 1.165) is 23.2 Å². The first-order valence-electron chi connectivity index (χ1n) is 6.76. The summed E-state index contributed by atoms with van der Waals surface area (Å²) in [6.07, 6.45) is 4.53. The van der Waals surface area contributed by atoms with Gasteiger partial charge in [0.25, 0.3) is 0 Å². The zero-order chi connectivity index (χ0) is 14.5. The average molecular weight is 272 g/mol. The van der Waals surface area contributed by atoms with Crippen LogP contribution in [0.1, 0.15) is 20.3 Å². The number of hydrogen-bond acceptors (Lipinski definition) is 3. The van der Waals surface area contributed by atoms with E-state index in [1.54, 1.807) is 10.9 Å². The fraction of sp³-hybridized carbons (Fsp3) is 0.333. The number of nitrogens with one attached hydrogen (secondary N) is 1. The van der Waals surface area contributed by atoms with Crippen molar-refractivity contribution >= 4 is 11.6 Å². The van der Waals surface area contributed by atoms with E-state index in [9.17, 15) is 4.79 Å². The van der Waals surface area contributed by atoms with Gasteiger partial charge in [-0.1, -0.05) is 19.1 Å². The van der Waals surface area contributed by atoms with Gasteiger partial charge in [0.05, 0.1) is 6.20 Å². The van der Waals surface area contributed by atoms with Gasteiger partial charge in [0.15, 0.2) is 0 Å². The second-order valence-corrected chi connectivity index (χ2v) is 4.93. The largest absolute Gasteiger partial charge is 0.399 e. The summed E-state index contributed by atoms with van der Waals surface area (Å²) in [5.41, 5.74) is 8.40. The topological polar surface area (TPSA) is 72.9 Å². The minimum absolute atomic E-state index is 0.0219. The molecule has 1 unspecified atom stereocenters. The fourth-order valence-corrected chi connectivity index (χ4v) is 1.84. The van der Waals surface area contributed by atoms with Crippen molar-refractivity contribution in [1.82, 2.24) is 15.1 Å². The van der Waals surface area contributed by atoms with Crippen molar-refractivity contribution in [3.63, 3.8) is 0 Å². The molecular weight excluding hydrogens is 252 g/mol. The molecule has 5 heteroatoms. The minimum Gasteiger partial charge on any atom is -0.399 e. The average Bonchev–Trinajstić information content (AvgIpc) is 2.87. The van der Waals surface area contributed by atoms with Gasteiger partial charge in [-0.05, 0) is 31.0 Å². The van der Waals surface area contributed by atoms with E-state index in [1.165, 1.54) is 0 Å². The number of anilines is 1. The van der Waals surface area contributed by atoms with Gasteiger partial charge in [0.1, 0.15) is 6.54 Å². The van der Waals surface area contributed by atoms with Crippen LogP contribution in [-0.4, -0.2) is 21.7 Å². The van der Waals surface area contributed by atoms with Crippen molar-refractivity contribution in [2.24, 2.45) is 0 Å². The molecule has 0 radical (unpaired) electrons. The van der Waals surface area contributed by atoms with Gasteiger partial charge in [-0.15, -0.1) is 0 Å². The molecular formula is C15H20N4O. The van der Waals surface area contributed by atoms with Crippen LogP contribution in [0, 0.1) is 0 Å². The molecule has 0 aliphatic heterocycles. The summed E-state index contributed by atoms with van der Waals surface area (Å²) >= 11 is 0. The van der Waals surface area contributed by atoms with E-state index in [0.29, 0.717) is 0 Å². The van der Waals surface area contributed by atoms with Crippen LogP contribution in [0.3, 0.4) is 0 Å². The van der Waals surface area contributed by atoms with Crippen molar-refractivity contribution in [3.05, 3.63) is 36.7 Å². The molecule has 0 spiro atoms. The molecule has 2 rings (SSSR count). The second kappa shape index (κ2) is 6.23. The van der Waals surface area contributed by atoms with E-state index >= 15 is 0 Å². The van der Waals surface area contributed by atoms with Crippen LogP contribution in [0.2, 0.25) is 0 Å². The maximum atomic E-state index is 11.8. The van der Waals surface area contributed by atoms with E-state index in [4.69, 9.17) is 5.73 Å². The van der Waals surface area contributed by atoms with Gasteiger partial charge < -0.3 is 11.1 Å². The third-order valence-corrected chi connectivity index (χ3v) is 3.20. The monoisotopic (exact) mass is 272 g/mol. The second-order valence-electron chi connectivity index (χ2n) is 4.93. The maximum absolute atomic E-state index is 11.8. The number of benzene rings is 1. The third-order valence-electron chi connectivity index (χ3n) is 3.20. The Morgan fingerprint density at radius 1 is 1.35 bits per heavy atom. The Morgan fingerprint density at radius 3 is 2.70 bits per heavy atom. The van der Waals surface area contributed by atoms with Crippen molar-refractivity contribution in [2.75, 3.05) is 5.73 Å². The molecule has 0 bridgehead atoms. The molecule has 0 aliphatic carbocycles. The zero-order valence-corrected chi connectivity index (χ0v) is 11.8. The molecule has 0 saturated heterocycles. The van der Waals surface area contributed by atoms with Gasteiger partial charge in [-0.3, -0.25) is 9.48 Å². The highest BCUT2D eigenvalue weighted by Crippen LogP contribution is 2.19. The molecule has 0 fully saturated rings. The molecule has 1 aromatic heterocycles. The Bertz CT molecular complexity index is 574. The molecule has 1 atom stereocenters. The van der Waals surface area contributed by atoms with Crippen molar-refractivity contribution in [3.8, 4) is 11.1 Å². The Kier molecular flexibility index (Phi) is 4.40. The molecule has 1 aromatic carbocycles. The highest BCUT2D eigenvalue weighted by molar-refractivity contribution is 5.76. The molecule has 106 valence electrons. The highest BCUT2D eigenvalue weighted by atomic mass is 16.2. The summed E-state index contributed by atoms with van der Waals surface area (Å²) in [5.74, 6) is -0.0219. The van der Waals surface area contributed by atoms with Crippen LogP contribution < -0.4 is 11.1 Å². The highest BCUT2D eigenvalue weighted by Gasteiger charge is 2.08. The Hall–Kier alpha value is -2.30. The van der Waals surface area contributed by atoms with E-state index in [2.05, 4.69) is 10.4 Å². The van der Waals surface area contributed by atoms with Gasteiger partial charge >= 0.3 is 0 Å². The molecule has 2 aromatic rings. The fourth-order valence-electron chi connectivity index (χ4n) is 1.84. The lowest BCUT2D eigenvalue weighted by Crippen LogP contribution is -2.34. The summed E-state index contributed by atoms with van der Waals surface area (Å²) in [6, 6.07) is 7.77. The molecule has 5 nitrogen and oxygen atoms in total. The van der Waals surface area contributed by atoms with Crippen molar-refractivity contribution in [2.45, 2.75) is 32.9 Å². The molecule has 1 heterocycles. The first-order chi connectivity index (χ1) is 9.58. The number of nitrogen functional groups attached to an aromatic ring is 1. The quantitative estimate of drug-likeness (QED) is 0.818. The maximum Gasteiger partial charge on any atom is 0.241 e. The van der Waals surface area contributed by atoms with Gasteiger partial charge in [0, 0.05) is 23.5 Å². The van der Waals surface area contributed by atoms with Crippen LogP contribution in [0.15, 0.2) is 36.7 Å². The Labute approximate surface area is 118 Å². The van der Waals surface area contributed by atoms with Crippen LogP contribution in [0.4, 0.5) is 5.69 Å². The normalized spacial score (nSPS) is 12.1. The first-order valence-corrected chi connectivity index (χ1v) is 6.76. The van der Waals surface area contributed by atoms with Crippen LogP contribution >= 0.6 is 0 Å². The number of rotatable bonds is 5. The Balaban J connectivity index is 2.02. The Morgan fingerprint density at radius 2 is 2.05 bits per heavy atom. The molecule has 0 aliphatic rings.